The second kappa shape index (κ2) is 8.25. The van der Waals surface area contributed by atoms with E-state index < -0.39 is 0 Å². The van der Waals surface area contributed by atoms with Crippen LogP contribution in [0.3, 0.4) is 0 Å². The predicted octanol–water partition coefficient (Wildman–Crippen LogP) is 4.25. The number of nitrogens with zero attached hydrogens (tertiary/aromatic N) is 4. The van der Waals surface area contributed by atoms with Crippen LogP contribution in [0.25, 0.3) is 0 Å². The molecule has 0 unspecified atom stereocenters. The molecule has 144 valence electrons. The Labute approximate surface area is 164 Å². The van der Waals surface area contributed by atoms with Crippen LogP contribution in [0, 0.1) is 5.82 Å². The lowest BCUT2D eigenvalue weighted by Gasteiger charge is -2.36. The van der Waals surface area contributed by atoms with Gasteiger partial charge in [0.1, 0.15) is 11.6 Å². The Morgan fingerprint density at radius 2 is 1.57 bits per heavy atom. The maximum absolute atomic E-state index is 13.1. The third-order valence-electron chi connectivity index (χ3n) is 5.05. The quantitative estimate of drug-likeness (QED) is 0.720. The summed E-state index contributed by atoms with van der Waals surface area (Å²) in [5.41, 5.74) is 3.34. The highest BCUT2D eigenvalue weighted by atomic mass is 19.1. The maximum atomic E-state index is 13.1. The SMILES string of the molecule is CCc1ccc(Nc2nccc(N3CCN(c4ccc(F)cc4)CC3)n2)cc1. The van der Waals surface area contributed by atoms with Crippen LogP contribution < -0.4 is 15.1 Å². The molecule has 1 aliphatic heterocycles. The van der Waals surface area contributed by atoms with Crippen molar-refractivity contribution in [2.24, 2.45) is 0 Å². The third-order valence-corrected chi connectivity index (χ3v) is 5.05. The summed E-state index contributed by atoms with van der Waals surface area (Å²) < 4.78 is 13.1. The van der Waals surface area contributed by atoms with Gasteiger partial charge in [0.2, 0.25) is 5.95 Å². The van der Waals surface area contributed by atoms with Crippen molar-refractivity contribution in [1.29, 1.82) is 0 Å². The Morgan fingerprint density at radius 1 is 0.893 bits per heavy atom. The van der Waals surface area contributed by atoms with E-state index in [2.05, 4.69) is 56.3 Å². The molecular formula is C22H24FN5. The van der Waals surface area contributed by atoms with Gasteiger partial charge >= 0.3 is 0 Å². The summed E-state index contributed by atoms with van der Waals surface area (Å²) in [4.78, 5) is 13.6. The van der Waals surface area contributed by atoms with E-state index in [1.165, 1.54) is 17.7 Å². The van der Waals surface area contributed by atoms with E-state index in [9.17, 15) is 4.39 Å². The molecule has 6 heteroatoms. The van der Waals surface area contributed by atoms with E-state index in [0.717, 1.165) is 49.8 Å². The lowest BCUT2D eigenvalue weighted by Crippen LogP contribution is -2.46. The molecule has 5 nitrogen and oxygen atoms in total. The molecule has 2 aromatic carbocycles. The molecule has 1 aliphatic rings. The van der Waals surface area contributed by atoms with E-state index in [1.807, 2.05) is 18.2 Å². The fraction of sp³-hybridized carbons (Fsp3) is 0.273. The second-order valence-electron chi connectivity index (χ2n) is 6.86. The van der Waals surface area contributed by atoms with E-state index >= 15 is 0 Å². The summed E-state index contributed by atoms with van der Waals surface area (Å²) in [7, 11) is 0. The number of anilines is 4. The number of rotatable bonds is 5. The minimum absolute atomic E-state index is 0.201. The monoisotopic (exact) mass is 377 g/mol. The Kier molecular flexibility index (Phi) is 5.37. The summed E-state index contributed by atoms with van der Waals surface area (Å²) in [6.07, 6.45) is 2.81. The van der Waals surface area contributed by atoms with Gasteiger partial charge in [0.05, 0.1) is 0 Å². The van der Waals surface area contributed by atoms with Crippen molar-refractivity contribution < 1.29 is 4.39 Å². The molecule has 3 aromatic rings. The van der Waals surface area contributed by atoms with Crippen molar-refractivity contribution in [2.75, 3.05) is 41.3 Å². The van der Waals surface area contributed by atoms with Crippen molar-refractivity contribution in [3.05, 3.63) is 72.2 Å². The van der Waals surface area contributed by atoms with E-state index in [0.29, 0.717) is 5.95 Å². The predicted molar refractivity (Wildman–Crippen MR) is 112 cm³/mol. The number of aromatic nitrogens is 2. The van der Waals surface area contributed by atoms with Gasteiger partial charge in [-0.1, -0.05) is 19.1 Å². The maximum Gasteiger partial charge on any atom is 0.229 e. The zero-order valence-corrected chi connectivity index (χ0v) is 16.0. The number of aryl methyl sites for hydroxylation is 1. The summed E-state index contributed by atoms with van der Waals surface area (Å²) in [5, 5.41) is 3.28. The van der Waals surface area contributed by atoms with Crippen LogP contribution in [0.15, 0.2) is 60.8 Å². The molecule has 1 fully saturated rings. The number of hydrogen-bond acceptors (Lipinski definition) is 5. The second-order valence-corrected chi connectivity index (χ2v) is 6.86. The lowest BCUT2D eigenvalue weighted by molar-refractivity contribution is 0.624. The molecular weight excluding hydrogens is 353 g/mol. The minimum atomic E-state index is -0.201. The summed E-state index contributed by atoms with van der Waals surface area (Å²) in [5.74, 6) is 1.32. The molecule has 0 bridgehead atoms. The van der Waals surface area contributed by atoms with Gasteiger partial charge in [0.25, 0.3) is 0 Å². The van der Waals surface area contributed by atoms with Gasteiger partial charge in [-0.05, 0) is 54.4 Å². The normalized spacial score (nSPS) is 14.2. The first-order valence-corrected chi connectivity index (χ1v) is 9.66. The van der Waals surface area contributed by atoms with Crippen LogP contribution in [-0.2, 0) is 6.42 Å². The first kappa shape index (κ1) is 18.2. The van der Waals surface area contributed by atoms with Crippen molar-refractivity contribution in [3.8, 4) is 0 Å². The number of nitrogens with one attached hydrogen (secondary N) is 1. The summed E-state index contributed by atoms with van der Waals surface area (Å²) >= 11 is 0. The number of hydrogen-bond donors (Lipinski definition) is 1. The largest absolute Gasteiger partial charge is 0.368 e. The van der Waals surface area contributed by atoms with Gasteiger partial charge in [-0.2, -0.15) is 4.98 Å². The topological polar surface area (TPSA) is 44.3 Å². The molecule has 0 aliphatic carbocycles. The smallest absolute Gasteiger partial charge is 0.229 e. The lowest BCUT2D eigenvalue weighted by atomic mass is 10.1. The van der Waals surface area contributed by atoms with Crippen molar-refractivity contribution >= 4 is 23.1 Å². The van der Waals surface area contributed by atoms with Gasteiger partial charge in [-0.3, -0.25) is 0 Å². The molecule has 2 heterocycles. The van der Waals surface area contributed by atoms with Gasteiger partial charge in [-0.15, -0.1) is 0 Å². The number of piperazine rings is 1. The average molecular weight is 377 g/mol. The molecule has 1 saturated heterocycles. The van der Waals surface area contributed by atoms with Gasteiger partial charge < -0.3 is 15.1 Å². The highest BCUT2D eigenvalue weighted by molar-refractivity contribution is 5.56. The highest BCUT2D eigenvalue weighted by Crippen LogP contribution is 2.21. The van der Waals surface area contributed by atoms with E-state index in [4.69, 9.17) is 0 Å². The molecule has 4 rings (SSSR count). The molecule has 0 saturated carbocycles. The third kappa shape index (κ3) is 4.22. The molecule has 1 N–H and O–H groups in total. The minimum Gasteiger partial charge on any atom is -0.368 e. The van der Waals surface area contributed by atoms with Crippen LogP contribution in [-0.4, -0.2) is 36.1 Å². The summed E-state index contributed by atoms with van der Waals surface area (Å²) in [6, 6.07) is 17.0. The van der Waals surface area contributed by atoms with Crippen LogP contribution in [0.2, 0.25) is 0 Å². The van der Waals surface area contributed by atoms with Crippen LogP contribution in [0.4, 0.5) is 27.5 Å². The van der Waals surface area contributed by atoms with Crippen molar-refractivity contribution in [3.63, 3.8) is 0 Å². The Bertz CT molecular complexity index is 903. The first-order chi connectivity index (χ1) is 13.7. The number of benzene rings is 2. The molecule has 0 radical (unpaired) electrons. The molecule has 0 atom stereocenters. The van der Waals surface area contributed by atoms with E-state index in [1.54, 1.807) is 6.20 Å². The van der Waals surface area contributed by atoms with Gasteiger partial charge in [0.15, 0.2) is 0 Å². The Balaban J connectivity index is 1.40. The van der Waals surface area contributed by atoms with Crippen LogP contribution >= 0.6 is 0 Å². The molecule has 0 spiro atoms. The molecule has 1 aromatic heterocycles. The molecule has 28 heavy (non-hydrogen) atoms. The fourth-order valence-corrected chi connectivity index (χ4v) is 3.38. The average Bonchev–Trinajstić information content (AvgIpc) is 2.75. The standard InChI is InChI=1S/C22H24FN5/c1-2-17-3-7-19(8-4-17)25-22-24-12-11-21(26-22)28-15-13-27(14-16-28)20-9-5-18(23)6-10-20/h3-12H,2,13-16H2,1H3,(H,24,25,26). The highest BCUT2D eigenvalue weighted by Gasteiger charge is 2.18. The van der Waals surface area contributed by atoms with Crippen molar-refractivity contribution in [2.45, 2.75) is 13.3 Å². The summed E-state index contributed by atoms with van der Waals surface area (Å²) in [6.45, 7) is 5.61. The Morgan fingerprint density at radius 3 is 2.25 bits per heavy atom. The molecule has 0 amide bonds. The first-order valence-electron chi connectivity index (χ1n) is 9.66. The van der Waals surface area contributed by atoms with E-state index in [-0.39, 0.29) is 5.82 Å². The van der Waals surface area contributed by atoms with Gasteiger partial charge in [0, 0.05) is 43.8 Å². The number of halogens is 1. The zero-order valence-electron chi connectivity index (χ0n) is 16.0. The van der Waals surface area contributed by atoms with Crippen LogP contribution in [0.1, 0.15) is 12.5 Å². The fourth-order valence-electron chi connectivity index (χ4n) is 3.38. The van der Waals surface area contributed by atoms with Gasteiger partial charge in [-0.25, -0.2) is 9.37 Å². The van der Waals surface area contributed by atoms with Crippen molar-refractivity contribution in [1.82, 2.24) is 9.97 Å². The zero-order chi connectivity index (χ0) is 19.3. The Hall–Kier alpha value is -3.15. The van der Waals surface area contributed by atoms with Crippen LogP contribution in [0.5, 0.6) is 0 Å².